The first-order valence-corrected chi connectivity index (χ1v) is 9.79. The molecule has 0 unspecified atom stereocenters. The Hall–Kier alpha value is -4.00. The number of rotatable bonds is 7. The Balaban J connectivity index is 1.21. The first-order valence-electron chi connectivity index (χ1n) is 9.79. The van der Waals surface area contributed by atoms with E-state index in [2.05, 4.69) is 5.32 Å². The standard InChI is InChI=1S/C24H21NO6/c26-23(16-30-24(27)22-15-29-20-8-4-5-9-21(20)31-22)25-18-10-12-19(13-11-18)28-14-17-6-2-1-3-7-17/h1-13,22H,14-16H2,(H,25,26)/t22-/m1/s1. The van der Waals surface area contributed by atoms with Crippen molar-refractivity contribution >= 4 is 17.6 Å². The summed E-state index contributed by atoms with van der Waals surface area (Å²) in [5, 5.41) is 2.67. The molecule has 3 aromatic carbocycles. The Morgan fingerprint density at radius 2 is 1.61 bits per heavy atom. The fourth-order valence-corrected chi connectivity index (χ4v) is 2.94. The summed E-state index contributed by atoms with van der Waals surface area (Å²) in [5.74, 6) is 0.607. The highest BCUT2D eigenvalue weighted by Gasteiger charge is 2.29. The molecule has 0 aliphatic carbocycles. The van der Waals surface area contributed by atoms with Crippen molar-refractivity contribution in [2.75, 3.05) is 18.5 Å². The van der Waals surface area contributed by atoms with Crippen LogP contribution in [0.1, 0.15) is 5.56 Å². The lowest BCUT2D eigenvalue weighted by atomic mass is 10.2. The van der Waals surface area contributed by atoms with Gasteiger partial charge in [0.25, 0.3) is 5.91 Å². The first-order chi connectivity index (χ1) is 15.2. The molecule has 1 amide bonds. The quantitative estimate of drug-likeness (QED) is 0.590. The molecule has 0 aromatic heterocycles. The van der Waals surface area contributed by atoms with E-state index >= 15 is 0 Å². The van der Waals surface area contributed by atoms with Crippen LogP contribution in [0, 0.1) is 0 Å². The van der Waals surface area contributed by atoms with Crippen LogP contribution in [0.2, 0.25) is 0 Å². The highest BCUT2D eigenvalue weighted by atomic mass is 16.6. The van der Waals surface area contributed by atoms with E-state index in [1.807, 2.05) is 36.4 Å². The summed E-state index contributed by atoms with van der Waals surface area (Å²) in [6.07, 6.45) is -0.913. The van der Waals surface area contributed by atoms with Crippen LogP contribution in [-0.4, -0.2) is 31.2 Å². The van der Waals surface area contributed by atoms with Gasteiger partial charge in [0.15, 0.2) is 18.1 Å². The van der Waals surface area contributed by atoms with Crippen molar-refractivity contribution in [2.45, 2.75) is 12.7 Å². The SMILES string of the molecule is O=C(COC(=O)[C@H]1COc2ccccc2O1)Nc1ccc(OCc2ccccc2)cc1. The summed E-state index contributed by atoms with van der Waals surface area (Å²) < 4.78 is 21.8. The maximum absolute atomic E-state index is 12.2. The first kappa shape index (κ1) is 20.3. The third-order valence-corrected chi connectivity index (χ3v) is 4.50. The molecule has 7 heteroatoms. The number of hydrogen-bond acceptors (Lipinski definition) is 6. The zero-order chi connectivity index (χ0) is 21.5. The second-order valence-corrected chi connectivity index (χ2v) is 6.82. The van der Waals surface area contributed by atoms with Gasteiger partial charge in [-0.1, -0.05) is 42.5 Å². The minimum Gasteiger partial charge on any atom is -0.489 e. The number of anilines is 1. The van der Waals surface area contributed by atoms with Crippen molar-refractivity contribution in [3.8, 4) is 17.2 Å². The summed E-state index contributed by atoms with van der Waals surface area (Å²) in [7, 11) is 0. The van der Waals surface area contributed by atoms with Gasteiger partial charge in [0, 0.05) is 5.69 Å². The zero-order valence-corrected chi connectivity index (χ0v) is 16.7. The predicted octanol–water partition coefficient (Wildman–Crippen LogP) is 3.59. The maximum Gasteiger partial charge on any atom is 0.351 e. The van der Waals surface area contributed by atoms with Gasteiger partial charge in [0.1, 0.15) is 19.0 Å². The topological polar surface area (TPSA) is 83.1 Å². The second kappa shape index (κ2) is 9.67. The van der Waals surface area contributed by atoms with Crippen LogP contribution in [0.15, 0.2) is 78.9 Å². The van der Waals surface area contributed by atoms with E-state index in [0.717, 1.165) is 5.56 Å². The number of hydrogen-bond donors (Lipinski definition) is 1. The molecule has 1 aliphatic heterocycles. The van der Waals surface area contributed by atoms with Crippen molar-refractivity contribution in [1.29, 1.82) is 0 Å². The number of carbonyl (C=O) groups is 2. The van der Waals surface area contributed by atoms with Crippen LogP contribution in [0.3, 0.4) is 0 Å². The number of amides is 1. The number of benzene rings is 3. The van der Waals surface area contributed by atoms with E-state index in [1.165, 1.54) is 0 Å². The third kappa shape index (κ3) is 5.54. The largest absolute Gasteiger partial charge is 0.489 e. The van der Waals surface area contributed by atoms with Gasteiger partial charge in [0.05, 0.1) is 0 Å². The minimum absolute atomic E-state index is 0.0297. The van der Waals surface area contributed by atoms with Gasteiger partial charge in [-0.15, -0.1) is 0 Å². The minimum atomic E-state index is -0.913. The molecule has 0 bridgehead atoms. The fraction of sp³-hybridized carbons (Fsp3) is 0.167. The number of para-hydroxylation sites is 2. The van der Waals surface area contributed by atoms with E-state index in [4.69, 9.17) is 18.9 Å². The fourth-order valence-electron chi connectivity index (χ4n) is 2.94. The van der Waals surface area contributed by atoms with Crippen molar-refractivity contribution in [2.24, 2.45) is 0 Å². The Kier molecular flexibility index (Phi) is 6.32. The molecule has 0 fully saturated rings. The van der Waals surface area contributed by atoms with Gasteiger partial charge < -0.3 is 24.3 Å². The number of fused-ring (bicyclic) bond motifs is 1. The van der Waals surface area contributed by atoms with Gasteiger partial charge in [-0.05, 0) is 42.0 Å². The molecule has 0 radical (unpaired) electrons. The molecule has 0 saturated carbocycles. The lowest BCUT2D eigenvalue weighted by molar-refractivity contribution is -0.156. The molecule has 0 spiro atoms. The third-order valence-electron chi connectivity index (χ3n) is 4.50. The molecule has 4 rings (SSSR count). The Morgan fingerprint density at radius 3 is 2.39 bits per heavy atom. The summed E-state index contributed by atoms with van der Waals surface area (Å²) in [6, 6.07) is 23.8. The van der Waals surface area contributed by atoms with E-state index in [-0.39, 0.29) is 6.61 Å². The van der Waals surface area contributed by atoms with Crippen molar-refractivity contribution in [3.05, 3.63) is 84.4 Å². The van der Waals surface area contributed by atoms with Crippen LogP contribution in [0.25, 0.3) is 0 Å². The Bertz CT molecular complexity index is 1040. The van der Waals surface area contributed by atoms with Crippen LogP contribution in [0.5, 0.6) is 17.2 Å². The van der Waals surface area contributed by atoms with E-state index in [0.29, 0.717) is 29.5 Å². The smallest absolute Gasteiger partial charge is 0.351 e. The zero-order valence-electron chi connectivity index (χ0n) is 16.7. The Morgan fingerprint density at radius 1 is 0.903 bits per heavy atom. The molecule has 1 heterocycles. The van der Waals surface area contributed by atoms with Gasteiger partial charge in [0.2, 0.25) is 6.10 Å². The molecular formula is C24H21NO6. The molecule has 31 heavy (non-hydrogen) atoms. The summed E-state index contributed by atoms with van der Waals surface area (Å²) in [5.41, 5.74) is 1.64. The lowest BCUT2D eigenvalue weighted by Crippen LogP contribution is -2.39. The number of nitrogens with one attached hydrogen (secondary N) is 1. The molecule has 1 N–H and O–H groups in total. The van der Waals surface area contributed by atoms with E-state index < -0.39 is 24.6 Å². The molecular weight excluding hydrogens is 398 g/mol. The molecule has 3 aromatic rings. The monoisotopic (exact) mass is 419 g/mol. The van der Waals surface area contributed by atoms with Crippen molar-refractivity contribution < 1.29 is 28.5 Å². The maximum atomic E-state index is 12.2. The normalized spacial score (nSPS) is 14.4. The molecule has 7 nitrogen and oxygen atoms in total. The van der Waals surface area contributed by atoms with E-state index in [9.17, 15) is 9.59 Å². The van der Waals surface area contributed by atoms with Gasteiger partial charge >= 0.3 is 5.97 Å². The molecule has 1 aliphatic rings. The second-order valence-electron chi connectivity index (χ2n) is 6.82. The van der Waals surface area contributed by atoms with Crippen molar-refractivity contribution in [1.82, 2.24) is 0 Å². The summed E-state index contributed by atoms with van der Waals surface area (Å²) >= 11 is 0. The average Bonchev–Trinajstić information content (AvgIpc) is 2.82. The summed E-state index contributed by atoms with van der Waals surface area (Å²) in [6.45, 7) is 0.0639. The van der Waals surface area contributed by atoms with Crippen LogP contribution < -0.4 is 19.5 Å². The van der Waals surface area contributed by atoms with Gasteiger partial charge in [-0.25, -0.2) is 4.79 Å². The average molecular weight is 419 g/mol. The molecule has 158 valence electrons. The van der Waals surface area contributed by atoms with Crippen LogP contribution in [-0.2, 0) is 20.9 Å². The van der Waals surface area contributed by atoms with Gasteiger partial charge in [-0.2, -0.15) is 0 Å². The number of carbonyl (C=O) groups excluding carboxylic acids is 2. The number of ether oxygens (including phenoxy) is 4. The molecule has 0 saturated heterocycles. The number of esters is 1. The van der Waals surface area contributed by atoms with E-state index in [1.54, 1.807) is 42.5 Å². The highest BCUT2D eigenvalue weighted by molar-refractivity contribution is 5.93. The predicted molar refractivity (Wildman–Crippen MR) is 113 cm³/mol. The molecule has 1 atom stereocenters. The summed E-state index contributed by atoms with van der Waals surface area (Å²) in [4.78, 5) is 24.3. The highest BCUT2D eigenvalue weighted by Crippen LogP contribution is 2.31. The van der Waals surface area contributed by atoms with Crippen LogP contribution in [0.4, 0.5) is 5.69 Å². The van der Waals surface area contributed by atoms with Gasteiger partial charge in [-0.3, -0.25) is 4.79 Å². The van der Waals surface area contributed by atoms with Crippen LogP contribution >= 0.6 is 0 Å². The van der Waals surface area contributed by atoms with Crippen molar-refractivity contribution in [3.63, 3.8) is 0 Å². The lowest BCUT2D eigenvalue weighted by Gasteiger charge is -2.24. The Labute approximate surface area is 179 Å².